The zero-order chi connectivity index (χ0) is 11.4. The molecule has 2 rings (SSSR count). The van der Waals surface area contributed by atoms with Crippen molar-refractivity contribution in [1.82, 2.24) is 20.7 Å². The van der Waals surface area contributed by atoms with E-state index in [1.807, 2.05) is 6.92 Å². The van der Waals surface area contributed by atoms with Gasteiger partial charge in [-0.15, -0.1) is 0 Å². The molecule has 1 aromatic carbocycles. The third kappa shape index (κ3) is 2.25. The normalized spacial score (nSPS) is 12.6. The Hall–Kier alpha value is -1.75. The van der Waals surface area contributed by atoms with Crippen LogP contribution >= 0.6 is 0 Å². The van der Waals surface area contributed by atoms with Gasteiger partial charge in [0.25, 0.3) is 0 Å². The van der Waals surface area contributed by atoms with Gasteiger partial charge in [-0.25, -0.2) is 4.39 Å². The van der Waals surface area contributed by atoms with Crippen molar-refractivity contribution in [1.29, 1.82) is 0 Å². The number of aromatic nitrogens is 3. The van der Waals surface area contributed by atoms with Gasteiger partial charge in [-0.2, -0.15) is 15.4 Å². The van der Waals surface area contributed by atoms with Crippen molar-refractivity contribution in [3.63, 3.8) is 0 Å². The molecule has 1 aromatic heterocycles. The lowest BCUT2D eigenvalue weighted by Gasteiger charge is -2.15. The van der Waals surface area contributed by atoms with Crippen molar-refractivity contribution in [3.05, 3.63) is 47.5 Å². The molecule has 0 amide bonds. The third-order valence-corrected chi connectivity index (χ3v) is 2.34. The molecule has 0 bridgehead atoms. The monoisotopic (exact) mass is 220 g/mol. The Balaban J connectivity index is 2.29. The first-order valence-corrected chi connectivity index (χ1v) is 5.15. The number of benzene rings is 1. The van der Waals surface area contributed by atoms with E-state index in [4.69, 9.17) is 0 Å². The molecule has 1 heterocycles. The Bertz CT molecular complexity index is 424. The van der Waals surface area contributed by atoms with Crippen LogP contribution in [0.3, 0.4) is 0 Å². The van der Waals surface area contributed by atoms with Crippen molar-refractivity contribution in [3.8, 4) is 0 Å². The second kappa shape index (κ2) is 4.85. The van der Waals surface area contributed by atoms with Crippen LogP contribution in [0.5, 0.6) is 0 Å². The number of hydrogen-bond donors (Lipinski definition) is 2. The number of aromatic amines is 1. The first-order valence-electron chi connectivity index (χ1n) is 5.15. The molecule has 0 aliphatic rings. The average Bonchev–Trinajstić information content (AvgIpc) is 2.81. The number of hydrogen-bond acceptors (Lipinski definition) is 3. The second-order valence-corrected chi connectivity index (χ2v) is 3.44. The molecule has 1 atom stereocenters. The second-order valence-electron chi connectivity index (χ2n) is 3.44. The van der Waals surface area contributed by atoms with Crippen LogP contribution < -0.4 is 5.32 Å². The van der Waals surface area contributed by atoms with Crippen LogP contribution in [-0.4, -0.2) is 22.0 Å². The van der Waals surface area contributed by atoms with Gasteiger partial charge >= 0.3 is 0 Å². The maximum absolute atomic E-state index is 12.8. The molecule has 16 heavy (non-hydrogen) atoms. The first-order chi connectivity index (χ1) is 7.81. The van der Waals surface area contributed by atoms with Crippen LogP contribution in [0, 0.1) is 5.82 Å². The molecule has 0 spiro atoms. The lowest BCUT2D eigenvalue weighted by Crippen LogP contribution is -2.22. The van der Waals surface area contributed by atoms with Crippen molar-refractivity contribution >= 4 is 0 Å². The minimum atomic E-state index is -0.237. The van der Waals surface area contributed by atoms with E-state index in [1.165, 1.54) is 12.1 Å². The summed E-state index contributed by atoms with van der Waals surface area (Å²) in [4.78, 5) is 0. The number of nitrogens with zero attached hydrogens (tertiary/aromatic N) is 2. The van der Waals surface area contributed by atoms with E-state index < -0.39 is 0 Å². The molecule has 2 aromatic rings. The van der Waals surface area contributed by atoms with Crippen LogP contribution in [0.2, 0.25) is 0 Å². The Kier molecular flexibility index (Phi) is 3.26. The Morgan fingerprint density at radius 3 is 2.69 bits per heavy atom. The van der Waals surface area contributed by atoms with Gasteiger partial charge in [-0.3, -0.25) is 0 Å². The number of nitrogens with one attached hydrogen (secondary N) is 2. The van der Waals surface area contributed by atoms with Gasteiger partial charge in [0, 0.05) is 0 Å². The molecule has 0 radical (unpaired) electrons. The summed E-state index contributed by atoms with van der Waals surface area (Å²) in [6, 6.07) is 6.33. The van der Waals surface area contributed by atoms with E-state index in [2.05, 4.69) is 20.7 Å². The van der Waals surface area contributed by atoms with Crippen LogP contribution in [0.4, 0.5) is 4.39 Å². The van der Waals surface area contributed by atoms with Gasteiger partial charge in [0.2, 0.25) is 0 Å². The van der Waals surface area contributed by atoms with Gasteiger partial charge in [0.05, 0.1) is 12.2 Å². The molecule has 0 saturated carbocycles. The molecule has 0 saturated heterocycles. The standard InChI is InChI=1S/C11H13FN4/c1-2-13-11(10-7-14-16-15-10)8-3-5-9(12)6-4-8/h3-7,11,13H,2H2,1H3,(H,14,15,16). The summed E-state index contributed by atoms with van der Waals surface area (Å²) >= 11 is 0. The fourth-order valence-corrected chi connectivity index (χ4v) is 1.60. The third-order valence-electron chi connectivity index (χ3n) is 2.34. The highest BCUT2D eigenvalue weighted by Crippen LogP contribution is 2.19. The predicted octanol–water partition coefficient (Wildman–Crippen LogP) is 1.64. The van der Waals surface area contributed by atoms with Gasteiger partial charge in [-0.05, 0) is 24.2 Å². The fourth-order valence-electron chi connectivity index (χ4n) is 1.60. The molecule has 0 aliphatic heterocycles. The van der Waals surface area contributed by atoms with Crippen molar-refractivity contribution in [2.75, 3.05) is 6.54 Å². The molecule has 1 unspecified atom stereocenters. The minimum Gasteiger partial charge on any atom is -0.305 e. The van der Waals surface area contributed by atoms with E-state index in [1.54, 1.807) is 18.3 Å². The largest absolute Gasteiger partial charge is 0.305 e. The molecular weight excluding hydrogens is 207 g/mol. The summed E-state index contributed by atoms with van der Waals surface area (Å²) in [6.07, 6.45) is 1.66. The summed E-state index contributed by atoms with van der Waals surface area (Å²) in [5, 5.41) is 13.7. The van der Waals surface area contributed by atoms with Gasteiger partial charge in [0.15, 0.2) is 0 Å². The smallest absolute Gasteiger partial charge is 0.123 e. The number of halogens is 1. The Morgan fingerprint density at radius 1 is 1.38 bits per heavy atom. The quantitative estimate of drug-likeness (QED) is 0.823. The zero-order valence-corrected chi connectivity index (χ0v) is 8.94. The summed E-state index contributed by atoms with van der Waals surface area (Å²) in [6.45, 7) is 2.81. The van der Waals surface area contributed by atoms with Gasteiger partial charge in [0.1, 0.15) is 11.5 Å². The molecule has 0 aliphatic carbocycles. The maximum atomic E-state index is 12.8. The van der Waals surface area contributed by atoms with E-state index in [0.29, 0.717) is 0 Å². The van der Waals surface area contributed by atoms with E-state index in [-0.39, 0.29) is 11.9 Å². The highest BCUT2D eigenvalue weighted by atomic mass is 19.1. The SMILES string of the molecule is CCNC(c1ccc(F)cc1)c1cn[nH]n1. The molecular formula is C11H13FN4. The molecule has 2 N–H and O–H groups in total. The van der Waals surface area contributed by atoms with Crippen molar-refractivity contribution < 1.29 is 4.39 Å². The Labute approximate surface area is 92.9 Å². The number of rotatable bonds is 4. The van der Waals surface area contributed by atoms with E-state index in [0.717, 1.165) is 17.8 Å². The summed E-state index contributed by atoms with van der Waals surface area (Å²) < 4.78 is 12.8. The van der Waals surface area contributed by atoms with Crippen molar-refractivity contribution in [2.45, 2.75) is 13.0 Å². The summed E-state index contributed by atoms with van der Waals surface area (Å²) in [7, 11) is 0. The van der Waals surface area contributed by atoms with E-state index in [9.17, 15) is 4.39 Å². The van der Waals surface area contributed by atoms with Crippen molar-refractivity contribution in [2.24, 2.45) is 0 Å². The molecule has 84 valence electrons. The highest BCUT2D eigenvalue weighted by Gasteiger charge is 2.15. The summed E-state index contributed by atoms with van der Waals surface area (Å²) in [5.74, 6) is -0.237. The average molecular weight is 220 g/mol. The molecule has 0 fully saturated rings. The maximum Gasteiger partial charge on any atom is 0.123 e. The van der Waals surface area contributed by atoms with Crippen LogP contribution in [0.1, 0.15) is 24.2 Å². The lowest BCUT2D eigenvalue weighted by atomic mass is 10.0. The first kappa shape index (κ1) is 10.8. The van der Waals surface area contributed by atoms with Crippen LogP contribution in [0.15, 0.2) is 30.5 Å². The highest BCUT2D eigenvalue weighted by molar-refractivity contribution is 5.26. The molecule has 4 nitrogen and oxygen atoms in total. The van der Waals surface area contributed by atoms with Crippen LogP contribution in [-0.2, 0) is 0 Å². The Morgan fingerprint density at radius 2 is 2.12 bits per heavy atom. The zero-order valence-electron chi connectivity index (χ0n) is 8.94. The van der Waals surface area contributed by atoms with Gasteiger partial charge in [-0.1, -0.05) is 19.1 Å². The van der Waals surface area contributed by atoms with Gasteiger partial charge < -0.3 is 5.32 Å². The minimum absolute atomic E-state index is 0.0515. The predicted molar refractivity (Wildman–Crippen MR) is 58.3 cm³/mol. The van der Waals surface area contributed by atoms with E-state index >= 15 is 0 Å². The fraction of sp³-hybridized carbons (Fsp3) is 0.273. The molecule has 5 heteroatoms. The van der Waals surface area contributed by atoms with Crippen LogP contribution in [0.25, 0.3) is 0 Å². The topological polar surface area (TPSA) is 53.6 Å². The summed E-state index contributed by atoms with van der Waals surface area (Å²) in [5.41, 5.74) is 1.77. The number of H-pyrrole nitrogens is 1. The lowest BCUT2D eigenvalue weighted by molar-refractivity contribution is 0.604.